The number of rotatable bonds is 17. The first-order chi connectivity index (χ1) is 13.5. The van der Waals surface area contributed by atoms with Crippen LogP contribution in [0.15, 0.2) is 12.5 Å². The molecule has 158 valence electrons. The number of aromatic nitrogens is 2. The number of nitrogens with zero attached hydrogens (tertiary/aromatic N) is 1. The Morgan fingerprint density at radius 2 is 1.71 bits per heavy atom. The number of carbonyl (C=O) groups excluding carboxylic acids is 2. The molecule has 0 bridgehead atoms. The number of Topliss-reactive ketones (excluding diaryl/α,β-unsaturated/α-hetero) is 1. The van der Waals surface area contributed by atoms with Gasteiger partial charge in [0.05, 0.1) is 18.8 Å². The first kappa shape index (κ1) is 23.9. The van der Waals surface area contributed by atoms with E-state index in [1.54, 1.807) is 6.20 Å². The number of aromatic amines is 1. The fourth-order valence-corrected chi connectivity index (χ4v) is 3.14. The maximum atomic E-state index is 12.0. The average Bonchev–Trinajstić information content (AvgIpc) is 3.17. The number of hydrogen-bond acceptors (Lipinski definition) is 4. The topological polar surface area (TPSA) is 112 Å². The molecule has 1 atom stereocenters. The van der Waals surface area contributed by atoms with Crippen molar-refractivity contribution in [1.82, 2.24) is 15.3 Å². The summed E-state index contributed by atoms with van der Waals surface area (Å²) in [6.07, 6.45) is 14.2. The number of unbranched alkanes of at least 4 members (excludes halogenated alkanes) is 8. The van der Waals surface area contributed by atoms with Gasteiger partial charge in [0.1, 0.15) is 0 Å². The Hall–Kier alpha value is -2.18. The molecule has 0 aliphatic carbocycles. The molecule has 1 unspecified atom stereocenters. The summed E-state index contributed by atoms with van der Waals surface area (Å²) in [4.78, 5) is 41.9. The van der Waals surface area contributed by atoms with E-state index in [1.807, 2.05) is 0 Å². The van der Waals surface area contributed by atoms with Crippen LogP contribution in [0.4, 0.5) is 0 Å². The first-order valence-corrected chi connectivity index (χ1v) is 10.5. The molecule has 7 heteroatoms. The highest BCUT2D eigenvalue weighted by Gasteiger charge is 2.22. The summed E-state index contributed by atoms with van der Waals surface area (Å²) < 4.78 is 0. The van der Waals surface area contributed by atoms with Crippen molar-refractivity contribution in [2.45, 2.75) is 84.0 Å². The third kappa shape index (κ3) is 11.5. The minimum atomic E-state index is -1.02. The molecular formula is C21H35N3O4. The minimum absolute atomic E-state index is 0.104. The van der Waals surface area contributed by atoms with Gasteiger partial charge in [-0.15, -0.1) is 0 Å². The van der Waals surface area contributed by atoms with Crippen LogP contribution in [0.2, 0.25) is 0 Å². The molecule has 7 nitrogen and oxygen atoms in total. The van der Waals surface area contributed by atoms with E-state index in [0.717, 1.165) is 19.3 Å². The maximum Gasteiger partial charge on any atom is 0.307 e. The van der Waals surface area contributed by atoms with Crippen molar-refractivity contribution < 1.29 is 19.5 Å². The number of H-pyrrole nitrogens is 1. The SMILES string of the molecule is CCCCCCCCCCCC(=O)NCC(=O)CC(Cc1cnc[nH]1)C(=O)O. The zero-order valence-electron chi connectivity index (χ0n) is 17.0. The number of hydrogen-bond donors (Lipinski definition) is 3. The summed E-state index contributed by atoms with van der Waals surface area (Å²) in [6, 6.07) is 0. The lowest BCUT2D eigenvalue weighted by Crippen LogP contribution is -2.31. The second-order valence-corrected chi connectivity index (χ2v) is 7.41. The number of carbonyl (C=O) groups is 3. The van der Waals surface area contributed by atoms with Gasteiger partial charge in [-0.1, -0.05) is 58.3 Å². The van der Waals surface area contributed by atoms with Gasteiger partial charge < -0.3 is 15.4 Å². The van der Waals surface area contributed by atoms with Crippen LogP contribution in [0.1, 0.15) is 83.2 Å². The molecule has 1 aromatic rings. The fourth-order valence-electron chi connectivity index (χ4n) is 3.14. The predicted molar refractivity (Wildman–Crippen MR) is 108 cm³/mol. The van der Waals surface area contributed by atoms with Crippen molar-refractivity contribution in [3.63, 3.8) is 0 Å². The summed E-state index contributed by atoms with van der Waals surface area (Å²) in [5.74, 6) is -2.25. The molecule has 0 spiro atoms. The van der Waals surface area contributed by atoms with Crippen molar-refractivity contribution >= 4 is 17.7 Å². The Balaban J connectivity index is 2.10. The first-order valence-electron chi connectivity index (χ1n) is 10.5. The Labute approximate surface area is 167 Å². The van der Waals surface area contributed by atoms with Gasteiger partial charge in [0.2, 0.25) is 5.91 Å². The Bertz CT molecular complexity index is 572. The molecule has 1 rings (SSSR count). The molecule has 1 amide bonds. The molecule has 28 heavy (non-hydrogen) atoms. The van der Waals surface area contributed by atoms with E-state index in [2.05, 4.69) is 22.2 Å². The van der Waals surface area contributed by atoms with Gasteiger partial charge >= 0.3 is 5.97 Å². The highest BCUT2D eigenvalue weighted by atomic mass is 16.4. The second kappa shape index (κ2) is 14.8. The quantitative estimate of drug-likeness (QED) is 0.350. The summed E-state index contributed by atoms with van der Waals surface area (Å²) in [5.41, 5.74) is 0.676. The number of amides is 1. The summed E-state index contributed by atoms with van der Waals surface area (Å²) >= 11 is 0. The van der Waals surface area contributed by atoms with Crippen LogP contribution in [0.3, 0.4) is 0 Å². The van der Waals surface area contributed by atoms with E-state index in [0.29, 0.717) is 12.1 Å². The molecule has 0 aliphatic rings. The molecule has 1 aromatic heterocycles. The van der Waals surface area contributed by atoms with E-state index >= 15 is 0 Å². The Morgan fingerprint density at radius 1 is 1.07 bits per heavy atom. The lowest BCUT2D eigenvalue weighted by atomic mass is 9.97. The number of ketones is 1. The van der Waals surface area contributed by atoms with Crippen LogP contribution < -0.4 is 5.32 Å². The van der Waals surface area contributed by atoms with Gasteiger partial charge in [-0.2, -0.15) is 0 Å². The Morgan fingerprint density at radius 3 is 2.29 bits per heavy atom. The monoisotopic (exact) mass is 393 g/mol. The van der Waals surface area contributed by atoms with Crippen LogP contribution in [0.5, 0.6) is 0 Å². The summed E-state index contributed by atoms with van der Waals surface area (Å²) in [5, 5.41) is 11.9. The van der Waals surface area contributed by atoms with E-state index in [1.165, 1.54) is 44.9 Å². The third-order valence-corrected chi connectivity index (χ3v) is 4.83. The lowest BCUT2D eigenvalue weighted by molar-refractivity contribution is -0.143. The van der Waals surface area contributed by atoms with E-state index < -0.39 is 11.9 Å². The van der Waals surface area contributed by atoms with Crippen molar-refractivity contribution in [1.29, 1.82) is 0 Å². The molecule has 0 radical (unpaired) electrons. The van der Waals surface area contributed by atoms with E-state index in [-0.39, 0.29) is 31.1 Å². The van der Waals surface area contributed by atoms with Crippen LogP contribution in [-0.2, 0) is 20.8 Å². The highest BCUT2D eigenvalue weighted by molar-refractivity contribution is 5.88. The van der Waals surface area contributed by atoms with Crippen molar-refractivity contribution in [2.24, 2.45) is 5.92 Å². The average molecular weight is 394 g/mol. The van der Waals surface area contributed by atoms with Gasteiger partial charge in [0, 0.05) is 31.2 Å². The van der Waals surface area contributed by atoms with Crippen molar-refractivity contribution in [3.8, 4) is 0 Å². The minimum Gasteiger partial charge on any atom is -0.481 e. The number of carboxylic acids is 1. The fraction of sp³-hybridized carbons (Fsp3) is 0.714. The largest absolute Gasteiger partial charge is 0.481 e. The maximum absolute atomic E-state index is 12.0. The van der Waals surface area contributed by atoms with Crippen LogP contribution in [0.25, 0.3) is 0 Å². The number of aliphatic carboxylic acids is 1. The molecule has 0 saturated heterocycles. The van der Waals surface area contributed by atoms with Gasteiger partial charge in [0.25, 0.3) is 0 Å². The van der Waals surface area contributed by atoms with E-state index in [9.17, 15) is 19.5 Å². The zero-order valence-corrected chi connectivity index (χ0v) is 17.0. The van der Waals surface area contributed by atoms with Gasteiger partial charge in [0.15, 0.2) is 5.78 Å². The van der Waals surface area contributed by atoms with Crippen LogP contribution in [-0.4, -0.2) is 39.3 Å². The highest BCUT2D eigenvalue weighted by Crippen LogP contribution is 2.12. The van der Waals surface area contributed by atoms with Gasteiger partial charge in [-0.25, -0.2) is 4.98 Å². The number of carboxylic acid groups (broad SMARTS) is 1. The van der Waals surface area contributed by atoms with Gasteiger partial charge in [-0.3, -0.25) is 14.4 Å². The zero-order chi connectivity index (χ0) is 20.6. The molecule has 1 heterocycles. The smallest absolute Gasteiger partial charge is 0.307 e. The van der Waals surface area contributed by atoms with Crippen LogP contribution in [0, 0.1) is 5.92 Å². The predicted octanol–water partition coefficient (Wildman–Crippen LogP) is 3.65. The molecule has 0 saturated carbocycles. The third-order valence-electron chi connectivity index (χ3n) is 4.83. The molecule has 0 aromatic carbocycles. The summed E-state index contributed by atoms with van der Waals surface area (Å²) in [6.45, 7) is 2.10. The van der Waals surface area contributed by atoms with E-state index in [4.69, 9.17) is 0 Å². The van der Waals surface area contributed by atoms with Crippen LogP contribution >= 0.6 is 0 Å². The summed E-state index contributed by atoms with van der Waals surface area (Å²) in [7, 11) is 0. The van der Waals surface area contributed by atoms with Crippen molar-refractivity contribution in [2.75, 3.05) is 6.54 Å². The molecule has 0 aliphatic heterocycles. The standard InChI is InChI=1S/C21H35N3O4/c1-2-3-4-5-6-7-8-9-10-11-20(26)23-15-19(25)13-17(21(27)28)12-18-14-22-16-24-18/h14,16-17H,2-13,15H2,1H3,(H,22,24)(H,23,26)(H,27,28). The molecule has 3 N–H and O–H groups in total. The Kier molecular flexibility index (Phi) is 12.6. The van der Waals surface area contributed by atoms with Crippen molar-refractivity contribution in [3.05, 3.63) is 18.2 Å². The number of nitrogens with one attached hydrogen (secondary N) is 2. The molecule has 0 fully saturated rings. The second-order valence-electron chi connectivity index (χ2n) is 7.41. The molecular weight excluding hydrogens is 358 g/mol. The lowest BCUT2D eigenvalue weighted by Gasteiger charge is -2.11. The normalized spacial score (nSPS) is 11.9. The van der Waals surface area contributed by atoms with Gasteiger partial charge in [-0.05, 0) is 6.42 Å². The number of imidazole rings is 1.